The maximum absolute atomic E-state index is 11.3. The quantitative estimate of drug-likeness (QED) is 0.647. The summed E-state index contributed by atoms with van der Waals surface area (Å²) in [4.78, 5) is 15.5. The molecule has 0 aromatic heterocycles. The molecule has 1 aromatic carbocycles. The second kappa shape index (κ2) is 6.78. The van der Waals surface area contributed by atoms with Crippen LogP contribution in [0.15, 0.2) is 29.3 Å². The molecule has 1 aromatic rings. The predicted molar refractivity (Wildman–Crippen MR) is 74.8 cm³/mol. The van der Waals surface area contributed by atoms with Gasteiger partial charge in [-0.2, -0.15) is 0 Å². The van der Waals surface area contributed by atoms with Gasteiger partial charge in [-0.25, -0.2) is 4.79 Å². The Morgan fingerprint density at radius 2 is 2.00 bits per heavy atom. The van der Waals surface area contributed by atoms with E-state index in [4.69, 9.17) is 9.84 Å². The SMILES string of the molecule is CC(C)(C)OC(=O)NCCN=Cc1ccc(O)cc1. The molecule has 0 aliphatic heterocycles. The lowest BCUT2D eigenvalue weighted by Crippen LogP contribution is -2.33. The van der Waals surface area contributed by atoms with E-state index < -0.39 is 11.7 Å². The molecule has 1 amide bonds. The second-order valence-corrected chi connectivity index (χ2v) is 5.06. The average molecular weight is 264 g/mol. The Balaban J connectivity index is 2.24. The smallest absolute Gasteiger partial charge is 0.407 e. The highest BCUT2D eigenvalue weighted by molar-refractivity contribution is 5.79. The van der Waals surface area contributed by atoms with E-state index in [0.717, 1.165) is 5.56 Å². The van der Waals surface area contributed by atoms with E-state index >= 15 is 0 Å². The van der Waals surface area contributed by atoms with Crippen molar-refractivity contribution in [1.82, 2.24) is 5.32 Å². The Bertz CT molecular complexity index is 433. The van der Waals surface area contributed by atoms with Gasteiger partial charge in [0.1, 0.15) is 11.4 Å². The van der Waals surface area contributed by atoms with Crippen LogP contribution >= 0.6 is 0 Å². The van der Waals surface area contributed by atoms with Gasteiger partial charge in [0.25, 0.3) is 0 Å². The van der Waals surface area contributed by atoms with Crippen molar-refractivity contribution in [3.8, 4) is 5.75 Å². The zero-order chi connectivity index (χ0) is 14.3. The Labute approximate surface area is 113 Å². The van der Waals surface area contributed by atoms with Crippen LogP contribution in [0.5, 0.6) is 5.75 Å². The van der Waals surface area contributed by atoms with Crippen molar-refractivity contribution >= 4 is 12.3 Å². The molecule has 2 N–H and O–H groups in total. The molecule has 0 aliphatic carbocycles. The minimum Gasteiger partial charge on any atom is -0.508 e. The molecular formula is C14H20N2O3. The number of hydrogen-bond acceptors (Lipinski definition) is 4. The van der Waals surface area contributed by atoms with Gasteiger partial charge in [0.05, 0.1) is 6.54 Å². The Hall–Kier alpha value is -2.04. The number of amides is 1. The Kier molecular flexibility index (Phi) is 5.36. The maximum Gasteiger partial charge on any atom is 0.407 e. The maximum atomic E-state index is 11.3. The molecule has 0 heterocycles. The van der Waals surface area contributed by atoms with Crippen LogP contribution in [0.2, 0.25) is 0 Å². The molecule has 0 saturated heterocycles. The molecule has 0 unspecified atom stereocenters. The number of phenols is 1. The highest BCUT2D eigenvalue weighted by Crippen LogP contribution is 2.08. The number of hydrogen-bond donors (Lipinski definition) is 2. The number of aliphatic imine (C=N–C) groups is 1. The lowest BCUT2D eigenvalue weighted by molar-refractivity contribution is 0.0529. The van der Waals surface area contributed by atoms with E-state index in [1.54, 1.807) is 30.5 Å². The number of nitrogens with one attached hydrogen (secondary N) is 1. The van der Waals surface area contributed by atoms with Gasteiger partial charge in [-0.15, -0.1) is 0 Å². The minimum absolute atomic E-state index is 0.226. The van der Waals surface area contributed by atoms with Gasteiger partial charge in [-0.1, -0.05) is 0 Å². The van der Waals surface area contributed by atoms with Gasteiger partial charge in [0.15, 0.2) is 0 Å². The fourth-order valence-electron chi connectivity index (χ4n) is 1.27. The summed E-state index contributed by atoms with van der Waals surface area (Å²) in [6.07, 6.45) is 1.25. The van der Waals surface area contributed by atoms with E-state index in [1.165, 1.54) is 0 Å². The number of nitrogens with zero attached hydrogens (tertiary/aromatic N) is 1. The summed E-state index contributed by atoms with van der Waals surface area (Å²) in [5, 5.41) is 11.7. The number of ether oxygens (including phenoxy) is 1. The van der Waals surface area contributed by atoms with Crippen molar-refractivity contribution in [1.29, 1.82) is 0 Å². The van der Waals surface area contributed by atoms with Gasteiger partial charge in [-0.3, -0.25) is 4.99 Å². The van der Waals surface area contributed by atoms with E-state index in [2.05, 4.69) is 10.3 Å². The van der Waals surface area contributed by atoms with Crippen LogP contribution in [-0.4, -0.2) is 36.1 Å². The summed E-state index contributed by atoms with van der Waals surface area (Å²) in [5.41, 5.74) is 0.411. The third-order valence-corrected chi connectivity index (χ3v) is 2.04. The number of benzene rings is 1. The monoisotopic (exact) mass is 264 g/mol. The van der Waals surface area contributed by atoms with Gasteiger partial charge in [0, 0.05) is 12.8 Å². The lowest BCUT2D eigenvalue weighted by Gasteiger charge is -2.19. The van der Waals surface area contributed by atoms with Crippen LogP contribution in [0, 0.1) is 0 Å². The Morgan fingerprint density at radius 3 is 2.58 bits per heavy atom. The number of alkyl carbamates (subject to hydrolysis) is 1. The highest BCUT2D eigenvalue weighted by atomic mass is 16.6. The van der Waals surface area contributed by atoms with Crippen molar-refractivity contribution in [2.45, 2.75) is 26.4 Å². The van der Waals surface area contributed by atoms with Crippen molar-refractivity contribution in [2.24, 2.45) is 4.99 Å². The molecule has 0 aliphatic rings. The normalized spacial score (nSPS) is 11.5. The second-order valence-electron chi connectivity index (χ2n) is 5.06. The van der Waals surface area contributed by atoms with Gasteiger partial charge in [0.2, 0.25) is 0 Å². The first-order valence-corrected chi connectivity index (χ1v) is 6.12. The summed E-state index contributed by atoms with van der Waals surface area (Å²) < 4.78 is 5.09. The zero-order valence-corrected chi connectivity index (χ0v) is 11.5. The van der Waals surface area contributed by atoms with Crippen LogP contribution in [0.1, 0.15) is 26.3 Å². The first-order valence-electron chi connectivity index (χ1n) is 6.12. The molecule has 0 spiro atoms. The summed E-state index contributed by atoms with van der Waals surface area (Å²) in [7, 11) is 0. The van der Waals surface area contributed by atoms with E-state index in [9.17, 15) is 4.79 Å². The standard InChI is InChI=1S/C14H20N2O3/c1-14(2,3)19-13(18)16-9-8-15-10-11-4-6-12(17)7-5-11/h4-7,10,17H,8-9H2,1-3H3,(H,16,18). The van der Waals surface area contributed by atoms with E-state index in [-0.39, 0.29) is 5.75 Å². The molecule has 0 saturated carbocycles. The zero-order valence-electron chi connectivity index (χ0n) is 11.5. The lowest BCUT2D eigenvalue weighted by atomic mass is 10.2. The van der Waals surface area contributed by atoms with Crippen LogP contribution in [0.3, 0.4) is 0 Å². The fraction of sp³-hybridized carbons (Fsp3) is 0.429. The molecule has 0 fully saturated rings. The topological polar surface area (TPSA) is 70.9 Å². The van der Waals surface area contributed by atoms with E-state index in [0.29, 0.717) is 13.1 Å². The molecule has 0 radical (unpaired) electrons. The number of phenolic OH excluding ortho intramolecular Hbond substituents is 1. The third-order valence-electron chi connectivity index (χ3n) is 2.04. The van der Waals surface area contributed by atoms with Crippen molar-refractivity contribution in [2.75, 3.05) is 13.1 Å². The van der Waals surface area contributed by atoms with Crippen LogP contribution in [0.4, 0.5) is 4.79 Å². The van der Waals surface area contributed by atoms with Gasteiger partial charge in [-0.05, 0) is 50.6 Å². The summed E-state index contributed by atoms with van der Waals surface area (Å²) >= 11 is 0. The molecule has 19 heavy (non-hydrogen) atoms. The summed E-state index contributed by atoms with van der Waals surface area (Å²) in [6.45, 7) is 6.34. The molecule has 5 nitrogen and oxygen atoms in total. The third kappa shape index (κ3) is 7.08. The van der Waals surface area contributed by atoms with Crippen LogP contribution < -0.4 is 5.32 Å². The molecule has 104 valence electrons. The van der Waals surface area contributed by atoms with Crippen molar-refractivity contribution in [3.63, 3.8) is 0 Å². The number of carbonyl (C=O) groups is 1. The average Bonchev–Trinajstić information content (AvgIpc) is 2.29. The molecular weight excluding hydrogens is 244 g/mol. The van der Waals surface area contributed by atoms with Gasteiger partial charge < -0.3 is 15.2 Å². The first-order chi connectivity index (χ1) is 8.87. The fourth-order valence-corrected chi connectivity index (χ4v) is 1.27. The largest absolute Gasteiger partial charge is 0.508 e. The van der Waals surface area contributed by atoms with Gasteiger partial charge >= 0.3 is 6.09 Å². The van der Waals surface area contributed by atoms with Crippen molar-refractivity contribution < 1.29 is 14.6 Å². The minimum atomic E-state index is -0.487. The highest BCUT2D eigenvalue weighted by Gasteiger charge is 2.15. The summed E-state index contributed by atoms with van der Waals surface area (Å²) in [6, 6.07) is 6.72. The van der Waals surface area contributed by atoms with Crippen LogP contribution in [-0.2, 0) is 4.74 Å². The van der Waals surface area contributed by atoms with Crippen molar-refractivity contribution in [3.05, 3.63) is 29.8 Å². The predicted octanol–water partition coefficient (Wildman–Crippen LogP) is 2.34. The first kappa shape index (κ1) is 15.0. The molecule has 0 bridgehead atoms. The molecule has 0 atom stereocenters. The van der Waals surface area contributed by atoms with Crippen LogP contribution in [0.25, 0.3) is 0 Å². The number of aromatic hydroxyl groups is 1. The molecule has 1 rings (SSSR count). The number of carbonyl (C=O) groups excluding carboxylic acids is 1. The number of rotatable bonds is 4. The van der Waals surface area contributed by atoms with E-state index in [1.807, 2.05) is 20.8 Å². The Morgan fingerprint density at radius 1 is 1.37 bits per heavy atom. The molecule has 5 heteroatoms. The summed E-state index contributed by atoms with van der Waals surface area (Å²) in [5.74, 6) is 0.226.